The van der Waals surface area contributed by atoms with Crippen LogP contribution < -0.4 is 5.73 Å². The molecule has 0 atom stereocenters. The Morgan fingerprint density at radius 3 is 2.74 bits per heavy atom. The van der Waals surface area contributed by atoms with Crippen LogP contribution in [0.2, 0.25) is 5.02 Å². The number of hydrogen-bond acceptors (Lipinski definition) is 2. The van der Waals surface area contributed by atoms with E-state index in [4.69, 9.17) is 17.3 Å². The Hall–Kier alpha value is -1.48. The van der Waals surface area contributed by atoms with E-state index in [1.807, 2.05) is 4.90 Å². The normalized spacial score (nSPS) is 15.4. The number of nitrogens with zero attached hydrogens (tertiary/aromatic N) is 1. The fourth-order valence-corrected chi connectivity index (χ4v) is 2.88. The molecule has 1 aliphatic rings. The summed E-state index contributed by atoms with van der Waals surface area (Å²) >= 11 is 6.12. The Morgan fingerprint density at radius 1 is 1.47 bits per heavy atom. The van der Waals surface area contributed by atoms with Gasteiger partial charge in [0.2, 0.25) is 0 Å². The number of benzene rings is 1. The maximum atomic E-state index is 12.6. The number of rotatable bonds is 4. The maximum Gasteiger partial charge on any atom is 0.255 e. The Balaban J connectivity index is 2.25. The summed E-state index contributed by atoms with van der Waals surface area (Å²) in [6.07, 6.45) is 6.25. The van der Waals surface area contributed by atoms with E-state index in [9.17, 15) is 4.79 Å². The fourth-order valence-electron chi connectivity index (χ4n) is 2.61. The summed E-state index contributed by atoms with van der Waals surface area (Å²) < 4.78 is 0. The van der Waals surface area contributed by atoms with Crippen molar-refractivity contribution < 1.29 is 4.79 Å². The summed E-state index contributed by atoms with van der Waals surface area (Å²) in [5.74, 6) is -0.0307. The molecule has 0 bridgehead atoms. The van der Waals surface area contributed by atoms with Gasteiger partial charge in [0.25, 0.3) is 5.91 Å². The van der Waals surface area contributed by atoms with Crippen LogP contribution in [0.4, 0.5) is 5.69 Å². The second kappa shape index (κ2) is 6.11. The highest BCUT2D eigenvalue weighted by Gasteiger charge is 2.27. The van der Waals surface area contributed by atoms with Crippen LogP contribution in [0.3, 0.4) is 0 Å². The molecular weight excluding hydrogens is 260 g/mol. The van der Waals surface area contributed by atoms with Crippen LogP contribution in [0.15, 0.2) is 30.9 Å². The number of amides is 1. The molecule has 0 unspecified atom stereocenters. The molecule has 0 aromatic heterocycles. The van der Waals surface area contributed by atoms with Crippen LogP contribution in [0, 0.1) is 0 Å². The van der Waals surface area contributed by atoms with E-state index in [0.29, 0.717) is 28.9 Å². The average molecular weight is 279 g/mol. The lowest BCUT2D eigenvalue weighted by Gasteiger charge is -2.28. The van der Waals surface area contributed by atoms with Crippen molar-refractivity contribution in [3.63, 3.8) is 0 Å². The molecule has 1 aromatic carbocycles. The lowest BCUT2D eigenvalue weighted by Crippen LogP contribution is -2.39. The molecule has 0 heterocycles. The van der Waals surface area contributed by atoms with Gasteiger partial charge in [-0.15, -0.1) is 6.58 Å². The summed E-state index contributed by atoms with van der Waals surface area (Å²) in [7, 11) is 0. The highest BCUT2D eigenvalue weighted by atomic mass is 35.5. The second-order valence-electron chi connectivity index (χ2n) is 4.92. The van der Waals surface area contributed by atoms with Crippen molar-refractivity contribution >= 4 is 23.2 Å². The number of nitrogen functional groups attached to an aromatic ring is 1. The quantitative estimate of drug-likeness (QED) is 0.677. The van der Waals surface area contributed by atoms with Gasteiger partial charge in [0.05, 0.1) is 10.6 Å². The second-order valence-corrected chi connectivity index (χ2v) is 5.33. The number of nitrogens with two attached hydrogens (primary N) is 1. The molecule has 102 valence electrons. The summed E-state index contributed by atoms with van der Waals surface area (Å²) in [4.78, 5) is 14.5. The molecular formula is C15H19ClN2O. The van der Waals surface area contributed by atoms with Gasteiger partial charge < -0.3 is 10.6 Å². The Morgan fingerprint density at radius 2 is 2.16 bits per heavy atom. The molecule has 1 fully saturated rings. The average Bonchev–Trinajstić information content (AvgIpc) is 2.89. The minimum absolute atomic E-state index is 0.0307. The van der Waals surface area contributed by atoms with Gasteiger partial charge in [-0.1, -0.05) is 30.5 Å². The standard InChI is InChI=1S/C15H19ClN2O/c1-2-9-18(12-5-3-4-6-12)15(19)13-8-7-11(17)10-14(13)16/h2,7-8,10,12H,1,3-6,9,17H2. The van der Waals surface area contributed by atoms with Gasteiger partial charge in [0.15, 0.2) is 0 Å². The molecule has 19 heavy (non-hydrogen) atoms. The summed E-state index contributed by atoms with van der Waals surface area (Å²) in [5, 5.41) is 0.414. The van der Waals surface area contributed by atoms with Gasteiger partial charge >= 0.3 is 0 Å². The van der Waals surface area contributed by atoms with Crippen LogP contribution in [0.5, 0.6) is 0 Å². The largest absolute Gasteiger partial charge is 0.399 e. The number of carbonyl (C=O) groups is 1. The molecule has 0 saturated heterocycles. The molecule has 2 N–H and O–H groups in total. The fraction of sp³-hybridized carbons (Fsp3) is 0.400. The Bertz CT molecular complexity index is 481. The first kappa shape index (κ1) is 13.9. The van der Waals surface area contributed by atoms with Gasteiger partial charge in [-0.05, 0) is 31.0 Å². The third kappa shape index (κ3) is 3.10. The first-order chi connectivity index (χ1) is 9.13. The van der Waals surface area contributed by atoms with Gasteiger partial charge in [0.1, 0.15) is 0 Å². The predicted octanol–water partition coefficient (Wildman–Crippen LogP) is 3.49. The smallest absolute Gasteiger partial charge is 0.255 e. The summed E-state index contributed by atoms with van der Waals surface area (Å²) in [5.41, 5.74) is 6.74. The van der Waals surface area contributed by atoms with Crippen molar-refractivity contribution in [2.45, 2.75) is 31.7 Å². The molecule has 1 amide bonds. The lowest BCUT2D eigenvalue weighted by molar-refractivity contribution is 0.0707. The zero-order valence-electron chi connectivity index (χ0n) is 10.9. The first-order valence-electron chi connectivity index (χ1n) is 6.60. The molecule has 1 aliphatic carbocycles. The zero-order chi connectivity index (χ0) is 13.8. The molecule has 0 radical (unpaired) electrons. The molecule has 1 saturated carbocycles. The van der Waals surface area contributed by atoms with E-state index >= 15 is 0 Å². The molecule has 2 rings (SSSR count). The van der Waals surface area contributed by atoms with Gasteiger partial charge in [0, 0.05) is 18.3 Å². The molecule has 3 nitrogen and oxygen atoms in total. The van der Waals surface area contributed by atoms with Crippen molar-refractivity contribution in [3.8, 4) is 0 Å². The van der Waals surface area contributed by atoms with Crippen LogP contribution in [0.25, 0.3) is 0 Å². The van der Waals surface area contributed by atoms with E-state index in [0.717, 1.165) is 12.8 Å². The molecule has 1 aromatic rings. The van der Waals surface area contributed by atoms with E-state index in [1.54, 1.807) is 24.3 Å². The van der Waals surface area contributed by atoms with Crippen LogP contribution in [0.1, 0.15) is 36.0 Å². The third-order valence-corrected chi connectivity index (χ3v) is 3.89. The molecule has 0 spiro atoms. The van der Waals surface area contributed by atoms with E-state index in [2.05, 4.69) is 6.58 Å². The van der Waals surface area contributed by atoms with Gasteiger partial charge in [-0.2, -0.15) is 0 Å². The van der Waals surface area contributed by atoms with Crippen molar-refractivity contribution in [3.05, 3.63) is 41.4 Å². The molecule has 0 aliphatic heterocycles. The molecule has 4 heteroatoms. The van der Waals surface area contributed by atoms with Crippen molar-refractivity contribution in [2.75, 3.05) is 12.3 Å². The topological polar surface area (TPSA) is 46.3 Å². The number of anilines is 1. The minimum atomic E-state index is -0.0307. The highest BCUT2D eigenvalue weighted by molar-refractivity contribution is 6.34. The third-order valence-electron chi connectivity index (χ3n) is 3.58. The first-order valence-corrected chi connectivity index (χ1v) is 6.98. The predicted molar refractivity (Wildman–Crippen MR) is 79.4 cm³/mol. The number of carbonyl (C=O) groups excluding carboxylic acids is 1. The Kier molecular flexibility index (Phi) is 4.48. The Labute approximate surface area is 119 Å². The van der Waals surface area contributed by atoms with E-state index < -0.39 is 0 Å². The summed E-state index contributed by atoms with van der Waals surface area (Å²) in [6.45, 7) is 4.30. The monoisotopic (exact) mass is 278 g/mol. The van der Waals surface area contributed by atoms with Crippen molar-refractivity contribution in [2.24, 2.45) is 0 Å². The number of halogens is 1. The van der Waals surface area contributed by atoms with Gasteiger partial charge in [-0.25, -0.2) is 0 Å². The maximum absolute atomic E-state index is 12.6. The van der Waals surface area contributed by atoms with Crippen molar-refractivity contribution in [1.29, 1.82) is 0 Å². The SMILES string of the molecule is C=CCN(C(=O)c1ccc(N)cc1Cl)C1CCCC1. The van der Waals surface area contributed by atoms with E-state index in [-0.39, 0.29) is 5.91 Å². The van der Waals surface area contributed by atoms with E-state index in [1.165, 1.54) is 12.8 Å². The van der Waals surface area contributed by atoms with Crippen LogP contribution in [-0.4, -0.2) is 23.4 Å². The zero-order valence-corrected chi connectivity index (χ0v) is 11.7. The van der Waals surface area contributed by atoms with Gasteiger partial charge in [-0.3, -0.25) is 4.79 Å². The van der Waals surface area contributed by atoms with Crippen LogP contribution >= 0.6 is 11.6 Å². The number of hydrogen-bond donors (Lipinski definition) is 1. The highest BCUT2D eigenvalue weighted by Crippen LogP contribution is 2.27. The minimum Gasteiger partial charge on any atom is -0.399 e. The summed E-state index contributed by atoms with van der Waals surface area (Å²) in [6, 6.07) is 5.33. The lowest BCUT2D eigenvalue weighted by atomic mass is 10.1. The van der Waals surface area contributed by atoms with Crippen LogP contribution in [-0.2, 0) is 0 Å². The van der Waals surface area contributed by atoms with Crippen molar-refractivity contribution in [1.82, 2.24) is 4.90 Å².